The molecule has 0 aliphatic carbocycles. The van der Waals surface area contributed by atoms with Crippen molar-refractivity contribution in [3.63, 3.8) is 0 Å². The lowest BCUT2D eigenvalue weighted by Crippen LogP contribution is -2.22. The first kappa shape index (κ1) is 15.5. The molecule has 118 valence electrons. The van der Waals surface area contributed by atoms with Crippen LogP contribution in [0.5, 0.6) is 0 Å². The fourth-order valence-corrected chi connectivity index (χ4v) is 3.21. The van der Waals surface area contributed by atoms with Gasteiger partial charge in [0, 0.05) is 10.4 Å². The van der Waals surface area contributed by atoms with Gasteiger partial charge in [-0.05, 0) is 56.2 Å². The van der Waals surface area contributed by atoms with Crippen molar-refractivity contribution < 1.29 is 9.21 Å². The SMILES string of the molecule is Cc1ccc(C(=O)NCc2sc(-c3ccco3)nc2C)cc1C. The van der Waals surface area contributed by atoms with Crippen LogP contribution < -0.4 is 5.32 Å². The van der Waals surface area contributed by atoms with Crippen LogP contribution in [0, 0.1) is 20.8 Å². The maximum absolute atomic E-state index is 12.3. The number of thiazole rings is 1. The lowest BCUT2D eigenvalue weighted by molar-refractivity contribution is 0.0951. The van der Waals surface area contributed by atoms with E-state index in [1.165, 1.54) is 5.56 Å². The topological polar surface area (TPSA) is 55.1 Å². The van der Waals surface area contributed by atoms with Crippen molar-refractivity contribution in [2.75, 3.05) is 0 Å². The number of nitrogens with one attached hydrogen (secondary N) is 1. The van der Waals surface area contributed by atoms with Crippen molar-refractivity contribution >= 4 is 17.2 Å². The third-order valence-electron chi connectivity index (χ3n) is 3.80. The van der Waals surface area contributed by atoms with Crippen LogP contribution in [0.25, 0.3) is 10.8 Å². The number of furan rings is 1. The molecule has 0 aliphatic rings. The number of aryl methyl sites for hydroxylation is 3. The van der Waals surface area contributed by atoms with Crippen LogP contribution in [0.4, 0.5) is 0 Å². The molecule has 0 bridgehead atoms. The van der Waals surface area contributed by atoms with Crippen LogP contribution in [0.3, 0.4) is 0 Å². The Hall–Kier alpha value is -2.40. The van der Waals surface area contributed by atoms with Crippen molar-refractivity contribution in [2.45, 2.75) is 27.3 Å². The van der Waals surface area contributed by atoms with E-state index in [0.717, 1.165) is 26.9 Å². The number of aromatic nitrogens is 1. The number of amides is 1. The van der Waals surface area contributed by atoms with Gasteiger partial charge in [0.15, 0.2) is 10.8 Å². The van der Waals surface area contributed by atoms with Gasteiger partial charge in [0.05, 0.1) is 18.5 Å². The Kier molecular flexibility index (Phi) is 4.30. The number of carbonyl (C=O) groups is 1. The molecule has 0 radical (unpaired) electrons. The second-order valence-electron chi connectivity index (χ2n) is 5.49. The van der Waals surface area contributed by atoms with Gasteiger partial charge in [0.25, 0.3) is 5.91 Å². The predicted octanol–water partition coefficient (Wildman–Crippen LogP) is 4.26. The molecule has 3 rings (SSSR count). The molecule has 3 aromatic rings. The minimum absolute atomic E-state index is 0.0690. The zero-order valence-corrected chi connectivity index (χ0v) is 14.2. The molecule has 1 amide bonds. The van der Waals surface area contributed by atoms with E-state index in [9.17, 15) is 4.79 Å². The molecule has 0 saturated carbocycles. The highest BCUT2D eigenvalue weighted by Gasteiger charge is 2.13. The molecule has 0 spiro atoms. The molecule has 2 aromatic heterocycles. The zero-order valence-electron chi connectivity index (χ0n) is 13.3. The summed E-state index contributed by atoms with van der Waals surface area (Å²) >= 11 is 1.54. The van der Waals surface area contributed by atoms with Gasteiger partial charge in [-0.25, -0.2) is 4.98 Å². The first-order valence-electron chi connectivity index (χ1n) is 7.40. The van der Waals surface area contributed by atoms with Gasteiger partial charge in [-0.3, -0.25) is 4.79 Å². The second-order valence-corrected chi connectivity index (χ2v) is 6.57. The van der Waals surface area contributed by atoms with Gasteiger partial charge < -0.3 is 9.73 Å². The quantitative estimate of drug-likeness (QED) is 0.779. The summed E-state index contributed by atoms with van der Waals surface area (Å²) in [6, 6.07) is 9.46. The summed E-state index contributed by atoms with van der Waals surface area (Å²) in [5, 5.41) is 3.80. The molecule has 4 nitrogen and oxygen atoms in total. The molecular formula is C18H18N2O2S. The lowest BCUT2D eigenvalue weighted by Gasteiger charge is -2.06. The summed E-state index contributed by atoms with van der Waals surface area (Å²) in [6.45, 7) is 6.46. The van der Waals surface area contributed by atoms with Gasteiger partial charge in [-0.1, -0.05) is 6.07 Å². The van der Waals surface area contributed by atoms with Crippen LogP contribution in [0.1, 0.15) is 32.1 Å². The minimum Gasteiger partial charge on any atom is -0.462 e. The summed E-state index contributed by atoms with van der Waals surface area (Å²) in [5.41, 5.74) is 3.90. The van der Waals surface area contributed by atoms with E-state index in [1.807, 2.05) is 51.1 Å². The number of nitrogens with zero attached hydrogens (tertiary/aromatic N) is 1. The number of hydrogen-bond donors (Lipinski definition) is 1. The van der Waals surface area contributed by atoms with E-state index in [4.69, 9.17) is 4.42 Å². The predicted molar refractivity (Wildman–Crippen MR) is 91.6 cm³/mol. The fourth-order valence-electron chi connectivity index (χ4n) is 2.24. The highest BCUT2D eigenvalue weighted by molar-refractivity contribution is 7.15. The molecule has 5 heteroatoms. The molecule has 23 heavy (non-hydrogen) atoms. The van der Waals surface area contributed by atoms with Gasteiger partial charge in [-0.2, -0.15) is 0 Å². The van der Waals surface area contributed by atoms with Crippen molar-refractivity contribution in [1.29, 1.82) is 0 Å². The van der Waals surface area contributed by atoms with Crippen molar-refractivity contribution in [1.82, 2.24) is 10.3 Å². The number of benzene rings is 1. The Labute approximate surface area is 139 Å². The summed E-state index contributed by atoms with van der Waals surface area (Å²) < 4.78 is 5.37. The van der Waals surface area contributed by atoms with Crippen molar-refractivity contribution in [3.05, 3.63) is 63.9 Å². The maximum atomic E-state index is 12.3. The monoisotopic (exact) mass is 326 g/mol. The van der Waals surface area contributed by atoms with Gasteiger partial charge in [-0.15, -0.1) is 11.3 Å². The summed E-state index contributed by atoms with van der Waals surface area (Å²) in [6.07, 6.45) is 1.63. The molecule has 0 unspecified atom stereocenters. The first-order chi connectivity index (χ1) is 11.0. The van der Waals surface area contributed by atoms with Gasteiger partial charge >= 0.3 is 0 Å². The van der Waals surface area contributed by atoms with E-state index in [0.29, 0.717) is 12.1 Å². The Morgan fingerprint density at radius 3 is 2.74 bits per heavy atom. The largest absolute Gasteiger partial charge is 0.462 e. The molecular weight excluding hydrogens is 308 g/mol. The van der Waals surface area contributed by atoms with Crippen molar-refractivity contribution in [2.24, 2.45) is 0 Å². The third-order valence-corrected chi connectivity index (χ3v) is 4.98. The normalized spacial score (nSPS) is 10.7. The van der Waals surface area contributed by atoms with Gasteiger partial charge in [0.1, 0.15) is 0 Å². The van der Waals surface area contributed by atoms with E-state index in [-0.39, 0.29) is 5.91 Å². The van der Waals surface area contributed by atoms with Crippen LogP contribution in [-0.4, -0.2) is 10.9 Å². The van der Waals surface area contributed by atoms with Crippen LogP contribution >= 0.6 is 11.3 Å². The van der Waals surface area contributed by atoms with E-state index in [1.54, 1.807) is 17.6 Å². The summed E-state index contributed by atoms with van der Waals surface area (Å²) in [7, 11) is 0. The Balaban J connectivity index is 1.70. The second kappa shape index (κ2) is 6.38. The summed E-state index contributed by atoms with van der Waals surface area (Å²) in [4.78, 5) is 17.8. The Morgan fingerprint density at radius 1 is 1.22 bits per heavy atom. The average molecular weight is 326 g/mol. The fraction of sp³-hybridized carbons (Fsp3) is 0.222. The third kappa shape index (κ3) is 3.35. The number of hydrogen-bond acceptors (Lipinski definition) is 4. The highest BCUT2D eigenvalue weighted by atomic mass is 32.1. The average Bonchev–Trinajstić information content (AvgIpc) is 3.17. The molecule has 1 aromatic carbocycles. The Bertz CT molecular complexity index is 835. The van der Waals surface area contributed by atoms with Gasteiger partial charge in [0.2, 0.25) is 0 Å². The molecule has 0 atom stereocenters. The maximum Gasteiger partial charge on any atom is 0.251 e. The number of rotatable bonds is 4. The Morgan fingerprint density at radius 2 is 2.04 bits per heavy atom. The molecule has 0 aliphatic heterocycles. The molecule has 0 fully saturated rings. The molecule has 0 saturated heterocycles. The van der Waals surface area contributed by atoms with E-state index < -0.39 is 0 Å². The molecule has 1 N–H and O–H groups in total. The highest BCUT2D eigenvalue weighted by Crippen LogP contribution is 2.28. The number of carbonyl (C=O) groups excluding carboxylic acids is 1. The zero-order chi connectivity index (χ0) is 16.4. The van der Waals surface area contributed by atoms with Crippen molar-refractivity contribution in [3.8, 4) is 10.8 Å². The van der Waals surface area contributed by atoms with E-state index in [2.05, 4.69) is 10.3 Å². The van der Waals surface area contributed by atoms with E-state index >= 15 is 0 Å². The van der Waals surface area contributed by atoms with Crippen LogP contribution in [0.15, 0.2) is 41.0 Å². The lowest BCUT2D eigenvalue weighted by atomic mass is 10.1. The summed E-state index contributed by atoms with van der Waals surface area (Å²) in [5.74, 6) is 0.685. The smallest absolute Gasteiger partial charge is 0.251 e. The van der Waals surface area contributed by atoms with Crippen LogP contribution in [-0.2, 0) is 6.54 Å². The molecule has 2 heterocycles. The standard InChI is InChI=1S/C18H18N2O2S/c1-11-6-7-14(9-12(11)2)17(21)19-10-16-13(3)20-18(23-16)15-5-4-8-22-15/h4-9H,10H2,1-3H3,(H,19,21). The van der Waals surface area contributed by atoms with Crippen LogP contribution in [0.2, 0.25) is 0 Å². The first-order valence-corrected chi connectivity index (χ1v) is 8.22. The minimum atomic E-state index is -0.0690.